The molecule has 0 unspecified atom stereocenters. The van der Waals surface area contributed by atoms with Crippen LogP contribution < -0.4 is 31.1 Å². The van der Waals surface area contributed by atoms with Crippen LogP contribution in [0.25, 0.3) is 21.9 Å². The number of rotatable bonds is 5. The fourth-order valence-corrected chi connectivity index (χ4v) is 15.7. The van der Waals surface area contributed by atoms with Crippen molar-refractivity contribution in [1.82, 2.24) is 0 Å². The molecule has 0 fully saturated rings. The molecule has 4 nitrogen and oxygen atoms in total. The lowest BCUT2D eigenvalue weighted by molar-refractivity contribution is 0.403. The second kappa shape index (κ2) is 17.4. The van der Waals surface area contributed by atoms with E-state index >= 15 is 0 Å². The van der Waals surface area contributed by atoms with Gasteiger partial charge in [-0.1, -0.05) is 188 Å². The molecule has 0 N–H and O–H groups in total. The summed E-state index contributed by atoms with van der Waals surface area (Å²) < 4.78 is 7.09. The molecule has 410 valence electrons. The zero-order chi connectivity index (χ0) is 57.5. The average Bonchev–Trinajstić information content (AvgIpc) is 2.49. The van der Waals surface area contributed by atoms with Crippen LogP contribution in [0.15, 0.2) is 174 Å². The molecule has 14 rings (SSSR count). The smallest absolute Gasteiger partial charge is 0.252 e. The van der Waals surface area contributed by atoms with Gasteiger partial charge in [-0.2, -0.15) is 0 Å². The van der Waals surface area contributed by atoms with Gasteiger partial charge in [0.15, 0.2) is 5.58 Å². The first kappa shape index (κ1) is 52.3. The minimum absolute atomic E-state index is 0.00317. The maximum atomic E-state index is 7.09. The van der Waals surface area contributed by atoms with E-state index in [-0.39, 0.29) is 39.2 Å². The second-order valence-corrected chi connectivity index (χ2v) is 29.1. The monoisotopic (exact) mass is 1070 g/mol. The van der Waals surface area contributed by atoms with Crippen LogP contribution >= 0.6 is 0 Å². The highest BCUT2D eigenvalue weighted by Crippen LogP contribution is 2.56. The first-order valence-electron chi connectivity index (χ1n) is 30.0. The minimum Gasteiger partial charge on any atom is -0.454 e. The SMILES string of the molecule is Cc1cc2c3c(c1)N(c1cccc4c1oc1ccccc14)c1cc4c(cc1B3c1cc(N(c3ccc(C(C)(C)C)cc3)c3ccc(C(C)(C)C)cc3)ccc1N2c1cc2c(cc1C)C(C)(C)CC2(C)C)C(C)(C)c1ccccc1C4(C)C. The Morgan fingerprint density at radius 1 is 0.427 bits per heavy atom. The molecular weight excluding hydrogens is 994 g/mol. The van der Waals surface area contributed by atoms with Crippen LogP contribution in [0.4, 0.5) is 51.2 Å². The van der Waals surface area contributed by atoms with E-state index in [1.807, 2.05) is 0 Å². The number of benzene rings is 9. The highest BCUT2D eigenvalue weighted by atomic mass is 16.3. The largest absolute Gasteiger partial charge is 0.454 e. The number of aryl methyl sites for hydroxylation is 2. The van der Waals surface area contributed by atoms with Gasteiger partial charge in [0.05, 0.1) is 5.69 Å². The molecule has 0 saturated heterocycles. The predicted octanol–water partition coefficient (Wildman–Crippen LogP) is 19.3. The van der Waals surface area contributed by atoms with Crippen molar-refractivity contribution in [2.24, 2.45) is 0 Å². The van der Waals surface area contributed by atoms with Gasteiger partial charge in [0, 0.05) is 67.1 Å². The van der Waals surface area contributed by atoms with E-state index in [4.69, 9.17) is 4.42 Å². The van der Waals surface area contributed by atoms with Crippen molar-refractivity contribution in [1.29, 1.82) is 0 Å². The van der Waals surface area contributed by atoms with E-state index < -0.39 is 0 Å². The molecule has 2 aliphatic heterocycles. The lowest BCUT2D eigenvalue weighted by atomic mass is 9.33. The van der Waals surface area contributed by atoms with Crippen molar-refractivity contribution in [3.63, 3.8) is 0 Å². The number of furan rings is 1. The van der Waals surface area contributed by atoms with E-state index in [2.05, 4.69) is 295 Å². The summed E-state index contributed by atoms with van der Waals surface area (Å²) in [5.74, 6) is 0. The molecule has 3 heterocycles. The van der Waals surface area contributed by atoms with Crippen LogP contribution in [0.2, 0.25) is 0 Å². The zero-order valence-electron chi connectivity index (χ0n) is 51.2. The van der Waals surface area contributed by atoms with Gasteiger partial charge in [0.2, 0.25) is 0 Å². The molecule has 10 aromatic rings. The molecular formula is C77H78BN3O. The first-order valence-corrected chi connectivity index (χ1v) is 30.0. The Morgan fingerprint density at radius 2 is 0.927 bits per heavy atom. The Hall–Kier alpha value is -7.76. The lowest BCUT2D eigenvalue weighted by Gasteiger charge is -2.48. The predicted molar refractivity (Wildman–Crippen MR) is 351 cm³/mol. The van der Waals surface area contributed by atoms with Gasteiger partial charge in [-0.25, -0.2) is 0 Å². The molecule has 2 aliphatic carbocycles. The number of hydrogen-bond donors (Lipinski definition) is 0. The summed E-state index contributed by atoms with van der Waals surface area (Å²) in [5, 5.41) is 2.25. The van der Waals surface area contributed by atoms with E-state index in [9.17, 15) is 0 Å². The summed E-state index contributed by atoms with van der Waals surface area (Å²) in [4.78, 5) is 7.75. The molecule has 4 aliphatic rings. The van der Waals surface area contributed by atoms with Gasteiger partial charge < -0.3 is 19.1 Å². The highest BCUT2D eigenvalue weighted by molar-refractivity contribution is 7.00. The summed E-state index contributed by atoms with van der Waals surface area (Å²) in [5.41, 5.74) is 29.3. The summed E-state index contributed by atoms with van der Waals surface area (Å²) in [6.45, 7) is 37.9. The van der Waals surface area contributed by atoms with Crippen molar-refractivity contribution in [2.75, 3.05) is 14.7 Å². The Bertz CT molecular complexity index is 4250. The first-order chi connectivity index (χ1) is 38.7. The van der Waals surface area contributed by atoms with Crippen molar-refractivity contribution >= 4 is 96.2 Å². The topological polar surface area (TPSA) is 22.9 Å². The van der Waals surface area contributed by atoms with Crippen LogP contribution in [0.5, 0.6) is 0 Å². The van der Waals surface area contributed by atoms with Crippen LogP contribution in [0.3, 0.4) is 0 Å². The molecule has 1 aromatic heterocycles. The van der Waals surface area contributed by atoms with Crippen molar-refractivity contribution < 1.29 is 4.42 Å². The zero-order valence-corrected chi connectivity index (χ0v) is 51.2. The van der Waals surface area contributed by atoms with Gasteiger partial charge in [0.25, 0.3) is 6.71 Å². The summed E-state index contributed by atoms with van der Waals surface area (Å²) in [7, 11) is 0. The molecule has 0 bridgehead atoms. The molecule has 0 spiro atoms. The third-order valence-corrected chi connectivity index (χ3v) is 19.7. The van der Waals surface area contributed by atoms with Gasteiger partial charge in [-0.15, -0.1) is 0 Å². The Labute approximate surface area is 487 Å². The summed E-state index contributed by atoms with van der Waals surface area (Å²) in [6.07, 6.45) is 1.10. The van der Waals surface area contributed by atoms with E-state index in [0.717, 1.165) is 51.1 Å². The summed E-state index contributed by atoms with van der Waals surface area (Å²) >= 11 is 0. The van der Waals surface area contributed by atoms with Gasteiger partial charge in [-0.3, -0.25) is 0 Å². The molecule has 0 radical (unpaired) electrons. The van der Waals surface area contributed by atoms with Gasteiger partial charge in [0.1, 0.15) is 5.58 Å². The maximum Gasteiger partial charge on any atom is 0.252 e. The number of nitrogens with zero attached hydrogens (tertiary/aromatic N) is 3. The van der Waals surface area contributed by atoms with Crippen LogP contribution in [0, 0.1) is 13.8 Å². The highest BCUT2D eigenvalue weighted by Gasteiger charge is 2.49. The third-order valence-electron chi connectivity index (χ3n) is 19.7. The van der Waals surface area contributed by atoms with Crippen LogP contribution in [0.1, 0.15) is 159 Å². The molecule has 0 atom stereocenters. The van der Waals surface area contributed by atoms with Crippen LogP contribution in [-0.2, 0) is 32.5 Å². The number of fused-ring (bicyclic) bond motifs is 10. The fourth-order valence-electron chi connectivity index (χ4n) is 15.7. The standard InChI is InChI=1S/C77H78BN3O/c1-46-38-67-70-68(39-46)81(64-26-21-23-54-53-22-17-20-27-69(53)82-71(54)64)66-44-60-59(76(13,14)55-24-18-19-25-56(55)77(60,15)16)42-62(66)78(70)61-41-52(36-37-63(61)80(67)65-43-58-57(40-47(65)2)74(9,10)45-75(58,11)12)79(50-32-28-48(29-33-50)72(3,4)5)51-34-30-49(31-35-51)73(6,7)8/h17-44H,45H2,1-16H3. The molecule has 0 saturated carbocycles. The van der Waals surface area contributed by atoms with Crippen molar-refractivity contribution in [3.8, 4) is 0 Å². The number of para-hydroxylation sites is 2. The Kier molecular flexibility index (Phi) is 11.1. The molecule has 9 aromatic carbocycles. The van der Waals surface area contributed by atoms with E-state index in [1.54, 1.807) is 0 Å². The van der Waals surface area contributed by atoms with Crippen molar-refractivity contribution in [3.05, 3.63) is 225 Å². The van der Waals surface area contributed by atoms with Crippen molar-refractivity contribution in [2.45, 2.75) is 150 Å². The quantitative estimate of drug-likeness (QED) is 0.160. The summed E-state index contributed by atoms with van der Waals surface area (Å²) in [6, 6.07) is 65.9. The Morgan fingerprint density at radius 3 is 1.52 bits per heavy atom. The average molecular weight is 1070 g/mol. The second-order valence-electron chi connectivity index (χ2n) is 29.1. The lowest BCUT2D eigenvalue weighted by Crippen LogP contribution is -2.62. The Balaban J connectivity index is 1.10. The maximum absolute atomic E-state index is 7.09. The fraction of sp³-hybridized carbons (Fsp3) is 0.299. The van der Waals surface area contributed by atoms with E-state index in [1.165, 1.54) is 100 Å². The van der Waals surface area contributed by atoms with E-state index in [0.29, 0.717) is 0 Å². The van der Waals surface area contributed by atoms with Gasteiger partial charge in [-0.05, 0) is 193 Å². The molecule has 82 heavy (non-hydrogen) atoms. The third kappa shape index (κ3) is 7.63. The normalized spacial score (nSPS) is 16.8. The molecule has 0 amide bonds. The van der Waals surface area contributed by atoms with Crippen LogP contribution in [-0.4, -0.2) is 6.71 Å². The van der Waals surface area contributed by atoms with Gasteiger partial charge >= 0.3 is 0 Å². The molecule has 5 heteroatoms. The number of anilines is 9. The number of hydrogen-bond acceptors (Lipinski definition) is 4. The minimum atomic E-state index is -0.279.